The molecule has 0 saturated heterocycles. The normalized spacial score (nSPS) is 10.5. The fourth-order valence-corrected chi connectivity index (χ4v) is 1.97. The van der Waals surface area contributed by atoms with E-state index in [4.69, 9.17) is 0 Å². The summed E-state index contributed by atoms with van der Waals surface area (Å²) in [5.74, 6) is -0.160. The Hall–Kier alpha value is -1.63. The average molecular weight is 228 g/mol. The molecule has 0 aliphatic rings. The number of benzene rings is 2. The van der Waals surface area contributed by atoms with E-state index in [0.717, 1.165) is 18.4 Å². The Balaban J connectivity index is 2.19. The summed E-state index contributed by atoms with van der Waals surface area (Å²) in [6.45, 7) is 4.11. The number of aryl methyl sites for hydroxylation is 2. The van der Waals surface area contributed by atoms with E-state index in [0.29, 0.717) is 0 Å². The lowest BCUT2D eigenvalue weighted by molar-refractivity contribution is 0.626. The number of hydrogen-bond acceptors (Lipinski definition) is 0. The van der Waals surface area contributed by atoms with E-state index in [9.17, 15) is 4.39 Å². The van der Waals surface area contributed by atoms with Gasteiger partial charge < -0.3 is 0 Å². The molecule has 0 aliphatic heterocycles. The first kappa shape index (κ1) is 11.8. The molecule has 0 amide bonds. The number of halogens is 1. The predicted octanol–water partition coefficient (Wildman–Crippen LogP) is 4.29. The molecule has 0 fully saturated rings. The third-order valence-corrected chi connectivity index (χ3v) is 3.13. The van der Waals surface area contributed by atoms with Crippen molar-refractivity contribution in [3.63, 3.8) is 0 Å². The van der Waals surface area contributed by atoms with Gasteiger partial charge in [-0.25, -0.2) is 4.39 Å². The summed E-state index contributed by atoms with van der Waals surface area (Å²) in [6, 6.07) is 13.6. The molecule has 0 radical (unpaired) electrons. The van der Waals surface area contributed by atoms with E-state index in [1.165, 1.54) is 22.8 Å². The van der Waals surface area contributed by atoms with Gasteiger partial charge in [-0.2, -0.15) is 0 Å². The van der Waals surface area contributed by atoms with Crippen molar-refractivity contribution in [3.8, 4) is 0 Å². The first-order valence-electron chi connectivity index (χ1n) is 6.02. The van der Waals surface area contributed by atoms with Crippen LogP contribution in [0.5, 0.6) is 0 Å². The Morgan fingerprint density at radius 2 is 1.59 bits per heavy atom. The smallest absolute Gasteiger partial charge is 0.123 e. The van der Waals surface area contributed by atoms with Gasteiger partial charge in [-0.05, 0) is 54.2 Å². The van der Waals surface area contributed by atoms with Crippen molar-refractivity contribution < 1.29 is 4.39 Å². The molecule has 0 nitrogen and oxygen atoms in total. The molecule has 0 heterocycles. The molecule has 0 N–H and O–H groups in total. The predicted molar refractivity (Wildman–Crippen MR) is 69.8 cm³/mol. The van der Waals surface area contributed by atoms with Crippen molar-refractivity contribution in [2.75, 3.05) is 0 Å². The molecule has 0 aliphatic carbocycles. The quantitative estimate of drug-likeness (QED) is 0.735. The van der Waals surface area contributed by atoms with Gasteiger partial charge in [0, 0.05) is 0 Å². The van der Waals surface area contributed by atoms with E-state index < -0.39 is 0 Å². The molecule has 2 aromatic carbocycles. The Labute approximate surface area is 102 Å². The molecule has 0 atom stereocenters. The molecule has 0 unspecified atom stereocenters. The summed E-state index contributed by atoms with van der Waals surface area (Å²) in [5.41, 5.74) is 4.83. The average Bonchev–Trinajstić information content (AvgIpc) is 2.34. The molecule has 2 rings (SSSR count). The Kier molecular flexibility index (Phi) is 3.58. The molecule has 17 heavy (non-hydrogen) atoms. The minimum absolute atomic E-state index is 0.160. The van der Waals surface area contributed by atoms with Crippen LogP contribution < -0.4 is 0 Å². The third kappa shape index (κ3) is 2.94. The summed E-state index contributed by atoms with van der Waals surface area (Å²) in [7, 11) is 0. The monoisotopic (exact) mass is 228 g/mol. The maximum absolute atomic E-state index is 13.0. The summed E-state index contributed by atoms with van der Waals surface area (Å²) in [6.07, 6.45) is 1.94. The van der Waals surface area contributed by atoms with E-state index in [1.54, 1.807) is 6.07 Å². The highest BCUT2D eigenvalue weighted by molar-refractivity contribution is 5.33. The van der Waals surface area contributed by atoms with Crippen LogP contribution in [0.15, 0.2) is 42.5 Å². The van der Waals surface area contributed by atoms with E-state index in [-0.39, 0.29) is 5.82 Å². The van der Waals surface area contributed by atoms with Crippen molar-refractivity contribution in [2.24, 2.45) is 0 Å². The van der Waals surface area contributed by atoms with Gasteiger partial charge >= 0.3 is 0 Å². The second-order valence-electron chi connectivity index (χ2n) is 4.42. The van der Waals surface area contributed by atoms with Crippen molar-refractivity contribution in [3.05, 3.63) is 70.5 Å². The first-order valence-corrected chi connectivity index (χ1v) is 6.02. The minimum Gasteiger partial charge on any atom is -0.207 e. The second kappa shape index (κ2) is 5.13. The lowest BCUT2D eigenvalue weighted by Crippen LogP contribution is -1.93. The summed E-state index contributed by atoms with van der Waals surface area (Å²) in [5, 5.41) is 0. The van der Waals surface area contributed by atoms with E-state index in [1.807, 2.05) is 13.0 Å². The standard InChI is InChI=1S/C16H17F/c1-3-13-4-6-14(7-5-13)11-15-8-9-16(17)10-12(15)2/h4-10H,3,11H2,1-2H3. The van der Waals surface area contributed by atoms with Gasteiger partial charge in [-0.1, -0.05) is 37.3 Å². The fraction of sp³-hybridized carbons (Fsp3) is 0.250. The first-order chi connectivity index (χ1) is 8.19. The SMILES string of the molecule is CCc1ccc(Cc2ccc(F)cc2C)cc1. The summed E-state index contributed by atoms with van der Waals surface area (Å²) in [4.78, 5) is 0. The van der Waals surface area contributed by atoms with Gasteiger partial charge in [0.25, 0.3) is 0 Å². The number of hydrogen-bond donors (Lipinski definition) is 0. The van der Waals surface area contributed by atoms with Crippen LogP contribution in [0.3, 0.4) is 0 Å². The summed E-state index contributed by atoms with van der Waals surface area (Å²) >= 11 is 0. The minimum atomic E-state index is -0.160. The maximum Gasteiger partial charge on any atom is 0.123 e. The van der Waals surface area contributed by atoms with Crippen molar-refractivity contribution >= 4 is 0 Å². The Morgan fingerprint density at radius 1 is 0.941 bits per heavy atom. The molecule has 0 spiro atoms. The number of rotatable bonds is 3. The van der Waals surface area contributed by atoms with Gasteiger partial charge in [0.2, 0.25) is 0 Å². The highest BCUT2D eigenvalue weighted by Gasteiger charge is 2.01. The van der Waals surface area contributed by atoms with Crippen LogP contribution in [-0.4, -0.2) is 0 Å². The zero-order valence-corrected chi connectivity index (χ0v) is 10.3. The van der Waals surface area contributed by atoms with E-state index >= 15 is 0 Å². The zero-order chi connectivity index (χ0) is 12.3. The van der Waals surface area contributed by atoms with Gasteiger partial charge in [0.15, 0.2) is 0 Å². The van der Waals surface area contributed by atoms with E-state index in [2.05, 4.69) is 31.2 Å². The van der Waals surface area contributed by atoms with Crippen LogP contribution in [0, 0.1) is 12.7 Å². The molecule has 0 saturated carbocycles. The molecular formula is C16H17F. The lowest BCUT2D eigenvalue weighted by Gasteiger charge is -2.06. The van der Waals surface area contributed by atoms with Crippen LogP contribution in [0.1, 0.15) is 29.2 Å². The topological polar surface area (TPSA) is 0 Å². The van der Waals surface area contributed by atoms with Crippen LogP contribution in [0.2, 0.25) is 0 Å². The van der Waals surface area contributed by atoms with Gasteiger partial charge in [-0.3, -0.25) is 0 Å². The highest BCUT2D eigenvalue weighted by atomic mass is 19.1. The summed E-state index contributed by atoms with van der Waals surface area (Å²) < 4.78 is 13.0. The molecule has 88 valence electrons. The van der Waals surface area contributed by atoms with Crippen LogP contribution in [0.25, 0.3) is 0 Å². The van der Waals surface area contributed by atoms with Gasteiger partial charge in [0.1, 0.15) is 5.82 Å². The van der Waals surface area contributed by atoms with Crippen molar-refractivity contribution in [1.29, 1.82) is 0 Å². The molecule has 0 aromatic heterocycles. The Morgan fingerprint density at radius 3 is 2.18 bits per heavy atom. The van der Waals surface area contributed by atoms with Crippen molar-refractivity contribution in [2.45, 2.75) is 26.7 Å². The molecule has 0 bridgehead atoms. The zero-order valence-electron chi connectivity index (χ0n) is 10.3. The second-order valence-corrected chi connectivity index (χ2v) is 4.42. The molecule has 2 aromatic rings. The largest absolute Gasteiger partial charge is 0.207 e. The fourth-order valence-electron chi connectivity index (χ4n) is 1.97. The third-order valence-electron chi connectivity index (χ3n) is 3.13. The highest BCUT2D eigenvalue weighted by Crippen LogP contribution is 2.15. The lowest BCUT2D eigenvalue weighted by atomic mass is 9.99. The van der Waals surface area contributed by atoms with Crippen molar-refractivity contribution in [1.82, 2.24) is 0 Å². The maximum atomic E-state index is 13.0. The van der Waals surface area contributed by atoms with Crippen LogP contribution in [0.4, 0.5) is 4.39 Å². The van der Waals surface area contributed by atoms with Gasteiger partial charge in [-0.15, -0.1) is 0 Å². The van der Waals surface area contributed by atoms with Gasteiger partial charge in [0.05, 0.1) is 0 Å². The molecule has 1 heteroatoms. The van der Waals surface area contributed by atoms with Crippen LogP contribution >= 0.6 is 0 Å². The van der Waals surface area contributed by atoms with Crippen LogP contribution in [-0.2, 0) is 12.8 Å². The Bertz CT molecular complexity index is 497. The molecular weight excluding hydrogens is 211 g/mol.